The Bertz CT molecular complexity index is 1420. The smallest absolute Gasteiger partial charge is 0.258 e. The molecule has 0 spiro atoms. The van der Waals surface area contributed by atoms with Crippen molar-refractivity contribution in [2.24, 2.45) is 5.92 Å². The molecule has 0 bridgehead atoms. The van der Waals surface area contributed by atoms with Gasteiger partial charge in [0.05, 0.1) is 35.3 Å². The van der Waals surface area contributed by atoms with E-state index in [0.29, 0.717) is 30.9 Å². The molecule has 2 aromatic carbocycles. The number of aliphatic hydroxyl groups excluding tert-OH is 1. The average Bonchev–Trinajstić information content (AvgIpc) is 3.02. The average molecular weight is 675 g/mol. The quantitative estimate of drug-likeness (QED) is 0.359. The number of nitrogens with zero attached hydrogens (tertiary/aromatic N) is 3. The van der Waals surface area contributed by atoms with Crippen LogP contribution in [0.2, 0.25) is 0 Å². The molecular formula is C35H54N4O7S. The van der Waals surface area contributed by atoms with Crippen molar-refractivity contribution >= 4 is 27.5 Å². The number of aliphatic hydroxyl groups is 1. The second kappa shape index (κ2) is 17.9. The molecule has 11 nitrogen and oxygen atoms in total. The first-order chi connectivity index (χ1) is 22.2. The van der Waals surface area contributed by atoms with E-state index in [1.54, 1.807) is 61.3 Å². The van der Waals surface area contributed by atoms with Crippen LogP contribution in [0.3, 0.4) is 0 Å². The zero-order chi connectivity index (χ0) is 34.7. The van der Waals surface area contributed by atoms with Crippen molar-refractivity contribution in [3.05, 3.63) is 53.6 Å². The highest BCUT2D eigenvalue weighted by atomic mass is 32.2. The van der Waals surface area contributed by atoms with Crippen LogP contribution in [-0.4, -0.2) is 112 Å². The SMILES string of the molecule is Cc1ccc(S(=O)(=O)N(C)C[C@H]2OCCCC[C@@H](C)Oc3ccc(NC(=O)CCCN(C)C)cc3C(=O)N([C@@H](C)CO)C[C@H]2C)cc1. The summed E-state index contributed by atoms with van der Waals surface area (Å²) in [5.74, 6) is -0.395. The minimum absolute atomic E-state index is 0.0903. The van der Waals surface area contributed by atoms with Crippen molar-refractivity contribution in [1.29, 1.82) is 0 Å². The minimum atomic E-state index is -3.78. The van der Waals surface area contributed by atoms with E-state index in [2.05, 4.69) is 5.32 Å². The van der Waals surface area contributed by atoms with Gasteiger partial charge in [0.15, 0.2) is 0 Å². The molecule has 12 heteroatoms. The van der Waals surface area contributed by atoms with Crippen LogP contribution in [0.4, 0.5) is 5.69 Å². The maximum Gasteiger partial charge on any atom is 0.258 e. The molecule has 2 N–H and O–H groups in total. The minimum Gasteiger partial charge on any atom is -0.490 e. The van der Waals surface area contributed by atoms with Crippen LogP contribution in [0.25, 0.3) is 0 Å². The molecule has 2 amide bonds. The number of fused-ring (bicyclic) bond motifs is 1. The van der Waals surface area contributed by atoms with E-state index in [1.165, 1.54) is 4.31 Å². The maximum absolute atomic E-state index is 14.3. The van der Waals surface area contributed by atoms with Gasteiger partial charge in [-0.05, 0) is 97.4 Å². The van der Waals surface area contributed by atoms with Crippen LogP contribution in [0.5, 0.6) is 5.75 Å². The number of amides is 2. The molecule has 0 radical (unpaired) electrons. The molecule has 3 rings (SSSR count). The lowest BCUT2D eigenvalue weighted by molar-refractivity contribution is -0.116. The molecule has 0 saturated carbocycles. The molecule has 0 unspecified atom stereocenters. The lowest BCUT2D eigenvalue weighted by atomic mass is 10.0. The van der Waals surface area contributed by atoms with Crippen LogP contribution in [0.15, 0.2) is 47.4 Å². The summed E-state index contributed by atoms with van der Waals surface area (Å²) >= 11 is 0. The number of rotatable bonds is 11. The van der Waals surface area contributed by atoms with Gasteiger partial charge < -0.3 is 29.7 Å². The van der Waals surface area contributed by atoms with Crippen molar-refractivity contribution in [1.82, 2.24) is 14.1 Å². The molecule has 0 saturated heterocycles. The molecule has 1 aliphatic rings. The zero-order valence-corrected chi connectivity index (χ0v) is 29.9. The molecule has 4 atom stereocenters. The number of carbonyl (C=O) groups is 2. The summed E-state index contributed by atoms with van der Waals surface area (Å²) in [5.41, 5.74) is 1.73. The number of carbonyl (C=O) groups excluding carboxylic acids is 2. The Morgan fingerprint density at radius 3 is 2.47 bits per heavy atom. The predicted octanol–water partition coefficient (Wildman–Crippen LogP) is 4.39. The van der Waals surface area contributed by atoms with Gasteiger partial charge in [-0.3, -0.25) is 9.59 Å². The van der Waals surface area contributed by atoms with Crippen molar-refractivity contribution in [2.45, 2.75) is 82.9 Å². The monoisotopic (exact) mass is 674 g/mol. The van der Waals surface area contributed by atoms with Crippen molar-refractivity contribution < 1.29 is 32.6 Å². The summed E-state index contributed by atoms with van der Waals surface area (Å²) in [5, 5.41) is 13.1. The summed E-state index contributed by atoms with van der Waals surface area (Å²) in [4.78, 5) is 30.8. The Labute approximate surface area is 281 Å². The van der Waals surface area contributed by atoms with Gasteiger partial charge in [0.2, 0.25) is 15.9 Å². The fraction of sp³-hybridized carbons (Fsp3) is 0.600. The van der Waals surface area contributed by atoms with Crippen LogP contribution in [0, 0.1) is 12.8 Å². The van der Waals surface area contributed by atoms with E-state index in [9.17, 15) is 23.1 Å². The van der Waals surface area contributed by atoms with Gasteiger partial charge in [-0.1, -0.05) is 24.6 Å². The zero-order valence-electron chi connectivity index (χ0n) is 29.1. The highest BCUT2D eigenvalue weighted by Crippen LogP contribution is 2.29. The first-order valence-electron chi connectivity index (χ1n) is 16.5. The number of sulfonamides is 1. The summed E-state index contributed by atoms with van der Waals surface area (Å²) in [6.07, 6.45) is 2.63. The summed E-state index contributed by atoms with van der Waals surface area (Å²) in [7, 11) is 1.68. The molecule has 47 heavy (non-hydrogen) atoms. The number of likely N-dealkylation sites (N-methyl/N-ethyl adjacent to an activating group) is 1. The third-order valence-electron chi connectivity index (χ3n) is 8.51. The van der Waals surface area contributed by atoms with Gasteiger partial charge in [0.25, 0.3) is 5.91 Å². The summed E-state index contributed by atoms with van der Waals surface area (Å²) < 4.78 is 40.8. The number of hydrogen-bond donors (Lipinski definition) is 2. The largest absolute Gasteiger partial charge is 0.490 e. The van der Waals surface area contributed by atoms with E-state index >= 15 is 0 Å². The predicted molar refractivity (Wildman–Crippen MR) is 184 cm³/mol. The first-order valence-corrected chi connectivity index (χ1v) is 18.0. The standard InChI is InChI=1S/C35H54N4O7S/c1-25-13-16-30(17-14-25)47(43,44)38(7)23-33-26(2)22-39(27(3)24-40)35(42)31-21-29(36-34(41)12-10-19-37(5)6)15-18-32(31)46-28(4)11-8-9-20-45-33/h13-18,21,26-28,33,40H,8-12,19-20,22-24H2,1-7H3,(H,36,41)/t26-,27+,28-,33-/m1/s1. The second-order valence-electron chi connectivity index (χ2n) is 13.1. The Kier molecular flexibility index (Phi) is 14.7. The first kappa shape index (κ1) is 38.4. The Balaban J connectivity index is 1.92. The third-order valence-corrected chi connectivity index (χ3v) is 10.3. The molecule has 262 valence electrons. The van der Waals surface area contributed by atoms with Crippen LogP contribution in [-0.2, 0) is 19.6 Å². The Morgan fingerprint density at radius 1 is 1.11 bits per heavy atom. The van der Waals surface area contributed by atoms with Crippen molar-refractivity contribution in [3.8, 4) is 5.75 Å². The number of nitrogens with one attached hydrogen (secondary N) is 1. The van der Waals surface area contributed by atoms with Gasteiger partial charge in [-0.2, -0.15) is 4.31 Å². The topological polar surface area (TPSA) is 129 Å². The number of benzene rings is 2. The molecule has 2 aromatic rings. The van der Waals surface area contributed by atoms with Gasteiger partial charge in [0.1, 0.15) is 5.75 Å². The highest BCUT2D eigenvalue weighted by Gasteiger charge is 2.32. The Hall–Kier alpha value is -3.03. The third kappa shape index (κ3) is 11.3. The van der Waals surface area contributed by atoms with E-state index in [0.717, 1.165) is 31.4 Å². The molecule has 0 aromatic heterocycles. The number of hydrogen-bond acceptors (Lipinski definition) is 8. The fourth-order valence-electron chi connectivity index (χ4n) is 5.48. The highest BCUT2D eigenvalue weighted by molar-refractivity contribution is 7.89. The van der Waals surface area contributed by atoms with Gasteiger partial charge in [0, 0.05) is 44.8 Å². The number of ether oxygens (including phenoxy) is 2. The van der Waals surface area contributed by atoms with Crippen molar-refractivity contribution in [3.63, 3.8) is 0 Å². The number of anilines is 1. The Morgan fingerprint density at radius 2 is 1.81 bits per heavy atom. The van der Waals surface area contributed by atoms with Crippen LogP contribution in [0.1, 0.15) is 68.8 Å². The molecule has 0 fully saturated rings. The molecule has 0 aliphatic carbocycles. The van der Waals surface area contributed by atoms with E-state index in [-0.39, 0.29) is 54.0 Å². The van der Waals surface area contributed by atoms with E-state index < -0.39 is 22.2 Å². The lowest BCUT2D eigenvalue weighted by Gasteiger charge is -2.35. The lowest BCUT2D eigenvalue weighted by Crippen LogP contribution is -2.48. The molecule has 1 aliphatic heterocycles. The molecule has 1 heterocycles. The fourth-order valence-corrected chi connectivity index (χ4v) is 6.67. The van der Waals surface area contributed by atoms with Crippen LogP contribution >= 0.6 is 0 Å². The number of aryl methyl sites for hydroxylation is 1. The summed E-state index contributed by atoms with van der Waals surface area (Å²) in [6.45, 7) is 8.76. The van der Waals surface area contributed by atoms with E-state index in [1.807, 2.05) is 39.8 Å². The molecular weight excluding hydrogens is 620 g/mol. The van der Waals surface area contributed by atoms with Gasteiger partial charge >= 0.3 is 0 Å². The van der Waals surface area contributed by atoms with Crippen LogP contribution < -0.4 is 10.1 Å². The summed E-state index contributed by atoms with van der Waals surface area (Å²) in [6, 6.07) is 11.3. The normalized spacial score (nSPS) is 20.8. The van der Waals surface area contributed by atoms with E-state index in [4.69, 9.17) is 9.47 Å². The second-order valence-corrected chi connectivity index (χ2v) is 15.1. The van der Waals surface area contributed by atoms with Gasteiger partial charge in [-0.25, -0.2) is 8.42 Å². The maximum atomic E-state index is 14.3. The van der Waals surface area contributed by atoms with Crippen molar-refractivity contribution in [2.75, 3.05) is 59.3 Å². The van der Waals surface area contributed by atoms with Gasteiger partial charge in [-0.15, -0.1) is 0 Å².